The first kappa shape index (κ1) is 61.8. The molecule has 0 aromatic carbocycles. The summed E-state index contributed by atoms with van der Waals surface area (Å²) in [6.45, 7) is 7.35. The molecule has 0 aromatic rings. The fourth-order valence-corrected chi connectivity index (χ4v) is 6.52. The molecule has 66 heavy (non-hydrogen) atoms. The Morgan fingerprint density at radius 2 is 0.727 bits per heavy atom. The summed E-state index contributed by atoms with van der Waals surface area (Å²) < 4.78 is 17.3. The molecule has 1 atom stereocenters. The van der Waals surface area contributed by atoms with Crippen molar-refractivity contribution in [1.29, 1.82) is 0 Å². The highest BCUT2D eigenvalue weighted by Crippen LogP contribution is 2.11. The van der Waals surface area contributed by atoms with Crippen molar-refractivity contribution in [2.75, 3.05) is 19.8 Å². The standard InChI is InChI=1S/C61H96O5/c1-4-7-10-13-16-19-22-25-28-30-31-32-34-36-39-42-45-48-51-54-60(62)65-58-59(57-64-56-53-50-47-44-41-38-35-29-26-23-20-17-14-11-8-5-2)66-61(63)55-52-49-46-43-40-37-33-27-24-21-18-15-12-9-6-3/h8-9,11-12,16-21,25-29,31-33,38,40-41,43,49,52,59H,4-7,10,13-15,22-24,30,34-37,39,42,44-48,50-51,53-58H2,1-3H3/b11-8-,12-9-,19-16-,20-17-,21-18-,28-25-,29-26-,32-31-,33-27-,41-38-,43-40-,52-49-. The molecule has 370 valence electrons. The van der Waals surface area contributed by atoms with Crippen LogP contribution in [0.1, 0.15) is 201 Å². The zero-order chi connectivity index (χ0) is 47.7. The Balaban J connectivity index is 4.49. The number of carbonyl (C=O) groups excluding carboxylic acids is 2. The highest BCUT2D eigenvalue weighted by molar-refractivity contribution is 5.71. The maximum atomic E-state index is 12.8. The Bertz CT molecular complexity index is 1450. The molecule has 0 amide bonds. The number of ether oxygens (including phenoxy) is 3. The zero-order valence-electron chi connectivity index (χ0n) is 42.4. The minimum atomic E-state index is -0.624. The second-order valence-electron chi connectivity index (χ2n) is 16.7. The first-order chi connectivity index (χ1) is 32.6. The van der Waals surface area contributed by atoms with E-state index in [1.165, 1.54) is 44.9 Å². The fourth-order valence-electron chi connectivity index (χ4n) is 6.52. The molecule has 0 aromatic heterocycles. The minimum Gasteiger partial charge on any atom is -0.462 e. The molecule has 0 saturated heterocycles. The van der Waals surface area contributed by atoms with Crippen LogP contribution in [0.15, 0.2) is 146 Å². The molecular formula is C61H96O5. The molecular weight excluding hydrogens is 813 g/mol. The largest absolute Gasteiger partial charge is 0.462 e. The van der Waals surface area contributed by atoms with Gasteiger partial charge in [-0.25, -0.2) is 0 Å². The van der Waals surface area contributed by atoms with E-state index in [9.17, 15) is 9.59 Å². The van der Waals surface area contributed by atoms with E-state index in [2.05, 4.69) is 154 Å². The van der Waals surface area contributed by atoms with Gasteiger partial charge in [-0.15, -0.1) is 0 Å². The van der Waals surface area contributed by atoms with Gasteiger partial charge in [-0.2, -0.15) is 0 Å². The van der Waals surface area contributed by atoms with Crippen LogP contribution in [0.25, 0.3) is 0 Å². The molecule has 1 unspecified atom stereocenters. The molecule has 0 fully saturated rings. The normalized spacial score (nSPS) is 13.4. The second-order valence-corrected chi connectivity index (χ2v) is 16.7. The van der Waals surface area contributed by atoms with E-state index in [-0.39, 0.29) is 31.6 Å². The van der Waals surface area contributed by atoms with E-state index in [4.69, 9.17) is 14.2 Å². The SMILES string of the molecule is CC/C=C\C/C=C\C/C=C\C/C=C\C/C=C\CC(=O)OC(COCCCCC/C=C\C/C=C\C/C=C\C/C=C\CC)COC(=O)CCCCCCCC/C=C\C/C=C\C/C=C\CCCCC. The van der Waals surface area contributed by atoms with E-state index in [0.717, 1.165) is 122 Å². The number of hydrogen-bond acceptors (Lipinski definition) is 5. The molecule has 0 aliphatic heterocycles. The summed E-state index contributed by atoms with van der Waals surface area (Å²) in [5.74, 6) is -0.588. The quantitative estimate of drug-likeness (QED) is 0.0346. The summed E-state index contributed by atoms with van der Waals surface area (Å²) in [6, 6.07) is 0. The van der Waals surface area contributed by atoms with Gasteiger partial charge in [0.15, 0.2) is 6.10 Å². The topological polar surface area (TPSA) is 61.8 Å². The molecule has 0 aliphatic rings. The van der Waals surface area contributed by atoms with Gasteiger partial charge in [0.25, 0.3) is 0 Å². The third-order valence-electron chi connectivity index (χ3n) is 10.4. The van der Waals surface area contributed by atoms with Crippen LogP contribution in [0.2, 0.25) is 0 Å². The lowest BCUT2D eigenvalue weighted by Crippen LogP contribution is -2.29. The van der Waals surface area contributed by atoms with Gasteiger partial charge in [0, 0.05) is 13.0 Å². The molecule has 0 saturated carbocycles. The zero-order valence-corrected chi connectivity index (χ0v) is 42.4. The average Bonchev–Trinajstić information content (AvgIpc) is 3.32. The molecule has 5 nitrogen and oxygen atoms in total. The van der Waals surface area contributed by atoms with Gasteiger partial charge in [-0.3, -0.25) is 9.59 Å². The third-order valence-corrected chi connectivity index (χ3v) is 10.4. The monoisotopic (exact) mass is 909 g/mol. The molecule has 0 radical (unpaired) electrons. The first-order valence-electron chi connectivity index (χ1n) is 26.4. The predicted molar refractivity (Wildman–Crippen MR) is 288 cm³/mol. The van der Waals surface area contributed by atoms with Crippen molar-refractivity contribution >= 4 is 11.9 Å². The van der Waals surface area contributed by atoms with Crippen LogP contribution in [0.3, 0.4) is 0 Å². The van der Waals surface area contributed by atoms with E-state index < -0.39 is 6.10 Å². The molecule has 0 N–H and O–H groups in total. The molecule has 0 rings (SSSR count). The minimum absolute atomic E-state index is 0.0154. The molecule has 5 heteroatoms. The van der Waals surface area contributed by atoms with E-state index in [1.807, 2.05) is 12.2 Å². The van der Waals surface area contributed by atoms with Crippen LogP contribution < -0.4 is 0 Å². The number of allylic oxidation sites excluding steroid dienone is 23. The lowest BCUT2D eigenvalue weighted by Gasteiger charge is -2.18. The van der Waals surface area contributed by atoms with Crippen LogP contribution in [-0.2, 0) is 23.8 Å². The van der Waals surface area contributed by atoms with Gasteiger partial charge in [0.05, 0.1) is 13.0 Å². The van der Waals surface area contributed by atoms with Gasteiger partial charge < -0.3 is 14.2 Å². The van der Waals surface area contributed by atoms with Gasteiger partial charge in [-0.1, -0.05) is 212 Å². The highest BCUT2D eigenvalue weighted by atomic mass is 16.6. The predicted octanol–water partition coefficient (Wildman–Crippen LogP) is 18.1. The number of carbonyl (C=O) groups is 2. The van der Waals surface area contributed by atoms with Crippen molar-refractivity contribution in [3.63, 3.8) is 0 Å². The molecule has 0 aliphatic carbocycles. The summed E-state index contributed by atoms with van der Waals surface area (Å²) in [5, 5.41) is 0. The Morgan fingerprint density at radius 3 is 1.17 bits per heavy atom. The number of esters is 2. The van der Waals surface area contributed by atoms with E-state index >= 15 is 0 Å². The fraction of sp³-hybridized carbons (Fsp3) is 0.574. The van der Waals surface area contributed by atoms with E-state index in [1.54, 1.807) is 0 Å². The molecule has 0 spiro atoms. The van der Waals surface area contributed by atoms with E-state index in [0.29, 0.717) is 13.0 Å². The summed E-state index contributed by atoms with van der Waals surface area (Å²) in [7, 11) is 0. The van der Waals surface area contributed by atoms with Crippen molar-refractivity contribution in [3.05, 3.63) is 146 Å². The summed E-state index contributed by atoms with van der Waals surface area (Å²) >= 11 is 0. The van der Waals surface area contributed by atoms with Crippen molar-refractivity contribution in [2.24, 2.45) is 0 Å². The summed E-state index contributed by atoms with van der Waals surface area (Å²) in [6.07, 6.45) is 80.3. The molecule has 0 bridgehead atoms. The Hall–Kier alpha value is -4.22. The Morgan fingerprint density at radius 1 is 0.364 bits per heavy atom. The van der Waals surface area contributed by atoms with Gasteiger partial charge in [0.2, 0.25) is 0 Å². The maximum Gasteiger partial charge on any atom is 0.310 e. The van der Waals surface area contributed by atoms with Gasteiger partial charge in [-0.05, 0) is 122 Å². The van der Waals surface area contributed by atoms with Crippen LogP contribution >= 0.6 is 0 Å². The average molecular weight is 909 g/mol. The number of unbranched alkanes of at least 4 members (excludes halogenated alkanes) is 12. The van der Waals surface area contributed by atoms with Crippen molar-refractivity contribution < 1.29 is 23.8 Å². The smallest absolute Gasteiger partial charge is 0.310 e. The summed E-state index contributed by atoms with van der Waals surface area (Å²) in [4.78, 5) is 25.4. The lowest BCUT2D eigenvalue weighted by molar-refractivity contribution is -0.162. The van der Waals surface area contributed by atoms with Gasteiger partial charge >= 0.3 is 11.9 Å². The number of hydrogen-bond donors (Lipinski definition) is 0. The van der Waals surface area contributed by atoms with Gasteiger partial charge in [0.1, 0.15) is 6.61 Å². The van der Waals surface area contributed by atoms with Crippen LogP contribution in [0.5, 0.6) is 0 Å². The van der Waals surface area contributed by atoms with Crippen LogP contribution in [-0.4, -0.2) is 37.9 Å². The third kappa shape index (κ3) is 52.4. The second kappa shape index (κ2) is 55.1. The highest BCUT2D eigenvalue weighted by Gasteiger charge is 2.17. The van der Waals surface area contributed by atoms with Crippen LogP contribution in [0, 0.1) is 0 Å². The van der Waals surface area contributed by atoms with Crippen LogP contribution in [0.4, 0.5) is 0 Å². The lowest BCUT2D eigenvalue weighted by atomic mass is 10.1. The molecule has 0 heterocycles. The Labute approximate surface area is 406 Å². The summed E-state index contributed by atoms with van der Waals surface area (Å²) in [5.41, 5.74) is 0. The maximum absolute atomic E-state index is 12.8. The Kier molecular flexibility index (Phi) is 51.6. The number of rotatable bonds is 46. The van der Waals surface area contributed by atoms with Crippen molar-refractivity contribution in [2.45, 2.75) is 207 Å². The van der Waals surface area contributed by atoms with Crippen molar-refractivity contribution in [3.8, 4) is 0 Å². The first-order valence-corrected chi connectivity index (χ1v) is 26.4. The van der Waals surface area contributed by atoms with Crippen molar-refractivity contribution in [1.82, 2.24) is 0 Å².